The lowest BCUT2D eigenvalue weighted by Crippen LogP contribution is -2.30. The number of ether oxygens (including phenoxy) is 1. The molecular formula is C17H23NO3. The van der Waals surface area contributed by atoms with Crippen molar-refractivity contribution in [3.05, 3.63) is 29.8 Å². The summed E-state index contributed by atoms with van der Waals surface area (Å²) in [5.41, 5.74) is 0.588. The van der Waals surface area contributed by atoms with Gasteiger partial charge in [-0.05, 0) is 30.9 Å². The molecule has 1 saturated heterocycles. The van der Waals surface area contributed by atoms with Gasteiger partial charge in [-0.2, -0.15) is 0 Å². The van der Waals surface area contributed by atoms with Gasteiger partial charge in [0.25, 0.3) is 0 Å². The second-order valence-corrected chi connectivity index (χ2v) is 5.95. The molecule has 4 nitrogen and oxygen atoms in total. The SMILES string of the molecule is CC(=O)c1ccccc1OCCN1CC(C(C)C)CC1=O. The summed E-state index contributed by atoms with van der Waals surface area (Å²) in [6.07, 6.45) is 0.641. The maximum atomic E-state index is 11.9. The first kappa shape index (κ1) is 15.5. The van der Waals surface area contributed by atoms with E-state index in [-0.39, 0.29) is 11.7 Å². The van der Waals surface area contributed by atoms with E-state index >= 15 is 0 Å². The highest BCUT2D eigenvalue weighted by molar-refractivity contribution is 5.96. The highest BCUT2D eigenvalue weighted by Crippen LogP contribution is 2.24. The summed E-state index contributed by atoms with van der Waals surface area (Å²) in [5, 5.41) is 0. The first-order valence-electron chi connectivity index (χ1n) is 7.49. The number of para-hydroxylation sites is 1. The van der Waals surface area contributed by atoms with Gasteiger partial charge in [0, 0.05) is 13.0 Å². The standard InChI is InChI=1S/C17H23NO3/c1-12(2)14-10-17(20)18(11-14)8-9-21-16-7-5-4-6-15(16)13(3)19/h4-7,12,14H,8-11H2,1-3H3. The third-order valence-electron chi connectivity index (χ3n) is 4.07. The average Bonchev–Trinajstić information content (AvgIpc) is 2.81. The Hall–Kier alpha value is -1.84. The van der Waals surface area contributed by atoms with E-state index in [0.29, 0.717) is 42.7 Å². The highest BCUT2D eigenvalue weighted by atomic mass is 16.5. The molecule has 0 N–H and O–H groups in total. The Kier molecular flexibility index (Phi) is 4.99. The summed E-state index contributed by atoms with van der Waals surface area (Å²) >= 11 is 0. The van der Waals surface area contributed by atoms with Crippen LogP contribution in [0.1, 0.15) is 37.6 Å². The fraction of sp³-hybridized carbons (Fsp3) is 0.529. The molecule has 0 spiro atoms. The van der Waals surface area contributed by atoms with E-state index in [1.807, 2.05) is 17.0 Å². The fourth-order valence-corrected chi connectivity index (χ4v) is 2.61. The Balaban J connectivity index is 1.88. The normalized spacial score (nSPS) is 18.4. The summed E-state index contributed by atoms with van der Waals surface area (Å²) in [4.78, 5) is 25.3. The monoisotopic (exact) mass is 289 g/mol. The molecule has 4 heteroatoms. The van der Waals surface area contributed by atoms with E-state index in [4.69, 9.17) is 4.74 Å². The molecule has 1 atom stereocenters. The first-order valence-corrected chi connectivity index (χ1v) is 7.49. The van der Waals surface area contributed by atoms with E-state index in [1.165, 1.54) is 6.92 Å². The van der Waals surface area contributed by atoms with E-state index in [0.717, 1.165) is 6.54 Å². The van der Waals surface area contributed by atoms with Crippen molar-refractivity contribution in [2.24, 2.45) is 11.8 Å². The van der Waals surface area contributed by atoms with Crippen LogP contribution >= 0.6 is 0 Å². The van der Waals surface area contributed by atoms with Crippen molar-refractivity contribution in [2.45, 2.75) is 27.2 Å². The lowest BCUT2D eigenvalue weighted by Gasteiger charge is -2.18. The number of benzene rings is 1. The van der Waals surface area contributed by atoms with Crippen molar-refractivity contribution in [1.82, 2.24) is 4.90 Å². The molecule has 0 saturated carbocycles. The Bertz CT molecular complexity index is 525. The Morgan fingerprint density at radius 2 is 2.10 bits per heavy atom. The number of ketones is 1. The number of Topliss-reactive ketones (excluding diaryl/α,β-unsaturated/α-hetero) is 1. The number of carbonyl (C=O) groups is 2. The summed E-state index contributed by atoms with van der Waals surface area (Å²) < 4.78 is 5.69. The molecule has 21 heavy (non-hydrogen) atoms. The Morgan fingerprint density at radius 3 is 2.71 bits per heavy atom. The highest BCUT2D eigenvalue weighted by Gasteiger charge is 2.30. The fourth-order valence-electron chi connectivity index (χ4n) is 2.61. The van der Waals surface area contributed by atoms with Gasteiger partial charge < -0.3 is 9.64 Å². The van der Waals surface area contributed by atoms with Crippen molar-refractivity contribution < 1.29 is 14.3 Å². The number of likely N-dealkylation sites (tertiary alicyclic amines) is 1. The molecule has 0 bridgehead atoms. The maximum absolute atomic E-state index is 11.9. The number of hydrogen-bond donors (Lipinski definition) is 0. The third-order valence-corrected chi connectivity index (χ3v) is 4.07. The van der Waals surface area contributed by atoms with Crippen LogP contribution in [0.15, 0.2) is 24.3 Å². The number of rotatable bonds is 6. The van der Waals surface area contributed by atoms with Gasteiger partial charge in [-0.25, -0.2) is 0 Å². The van der Waals surface area contributed by atoms with E-state index < -0.39 is 0 Å². The minimum Gasteiger partial charge on any atom is -0.491 e. The Labute approximate surface area is 126 Å². The van der Waals surface area contributed by atoms with E-state index in [9.17, 15) is 9.59 Å². The van der Waals surface area contributed by atoms with Crippen LogP contribution in [-0.2, 0) is 4.79 Å². The van der Waals surface area contributed by atoms with Gasteiger partial charge >= 0.3 is 0 Å². The van der Waals surface area contributed by atoms with E-state index in [1.54, 1.807) is 12.1 Å². The molecule has 114 valence electrons. The molecule has 1 fully saturated rings. The summed E-state index contributed by atoms with van der Waals surface area (Å²) in [6, 6.07) is 7.21. The van der Waals surface area contributed by atoms with Crippen LogP contribution in [0, 0.1) is 11.8 Å². The van der Waals surface area contributed by atoms with E-state index in [2.05, 4.69) is 13.8 Å². The maximum Gasteiger partial charge on any atom is 0.223 e. The van der Waals surface area contributed by atoms with Crippen molar-refractivity contribution in [1.29, 1.82) is 0 Å². The molecule has 0 radical (unpaired) electrons. The zero-order valence-corrected chi connectivity index (χ0v) is 13.0. The lowest BCUT2D eigenvalue weighted by atomic mass is 9.95. The summed E-state index contributed by atoms with van der Waals surface area (Å²) in [5.74, 6) is 1.76. The van der Waals surface area contributed by atoms with Gasteiger partial charge in [0.2, 0.25) is 5.91 Å². The Morgan fingerprint density at radius 1 is 1.38 bits per heavy atom. The molecule has 1 aliphatic heterocycles. The second-order valence-electron chi connectivity index (χ2n) is 5.95. The van der Waals surface area contributed by atoms with Crippen LogP contribution in [0.4, 0.5) is 0 Å². The predicted molar refractivity (Wildman–Crippen MR) is 81.5 cm³/mol. The van der Waals surface area contributed by atoms with Crippen LogP contribution in [-0.4, -0.2) is 36.3 Å². The largest absolute Gasteiger partial charge is 0.491 e. The minimum absolute atomic E-state index is 0.0114. The zero-order valence-electron chi connectivity index (χ0n) is 13.0. The van der Waals surface area contributed by atoms with Gasteiger partial charge in [0.15, 0.2) is 5.78 Å². The van der Waals surface area contributed by atoms with Crippen LogP contribution in [0.25, 0.3) is 0 Å². The molecule has 0 aromatic heterocycles. The molecule has 2 rings (SSSR count). The predicted octanol–water partition coefficient (Wildman–Crippen LogP) is 2.77. The summed E-state index contributed by atoms with van der Waals surface area (Å²) in [6.45, 7) is 7.64. The number of amides is 1. The van der Waals surface area contributed by atoms with Crippen molar-refractivity contribution in [3.8, 4) is 5.75 Å². The molecular weight excluding hydrogens is 266 g/mol. The molecule has 1 unspecified atom stereocenters. The molecule has 1 amide bonds. The molecule has 1 aromatic carbocycles. The van der Waals surface area contributed by atoms with Crippen molar-refractivity contribution >= 4 is 11.7 Å². The van der Waals surface area contributed by atoms with Crippen molar-refractivity contribution in [3.63, 3.8) is 0 Å². The molecule has 1 heterocycles. The van der Waals surface area contributed by atoms with Gasteiger partial charge in [-0.3, -0.25) is 9.59 Å². The van der Waals surface area contributed by atoms with Crippen LogP contribution in [0.2, 0.25) is 0 Å². The van der Waals surface area contributed by atoms with Crippen LogP contribution < -0.4 is 4.74 Å². The molecule has 0 aliphatic carbocycles. The number of carbonyl (C=O) groups excluding carboxylic acids is 2. The van der Waals surface area contributed by atoms with Crippen LogP contribution in [0.5, 0.6) is 5.75 Å². The number of hydrogen-bond acceptors (Lipinski definition) is 3. The average molecular weight is 289 g/mol. The number of nitrogens with zero attached hydrogens (tertiary/aromatic N) is 1. The second kappa shape index (κ2) is 6.74. The zero-order chi connectivity index (χ0) is 15.4. The topological polar surface area (TPSA) is 46.6 Å². The molecule has 1 aromatic rings. The van der Waals surface area contributed by atoms with Gasteiger partial charge in [0.05, 0.1) is 12.1 Å². The first-order chi connectivity index (χ1) is 9.99. The van der Waals surface area contributed by atoms with Crippen LogP contribution in [0.3, 0.4) is 0 Å². The lowest BCUT2D eigenvalue weighted by molar-refractivity contribution is -0.128. The van der Waals surface area contributed by atoms with Gasteiger partial charge in [-0.15, -0.1) is 0 Å². The summed E-state index contributed by atoms with van der Waals surface area (Å²) in [7, 11) is 0. The quantitative estimate of drug-likeness (QED) is 0.757. The smallest absolute Gasteiger partial charge is 0.223 e. The van der Waals surface area contributed by atoms with Gasteiger partial charge in [-0.1, -0.05) is 26.0 Å². The molecule has 1 aliphatic rings. The minimum atomic E-state index is -0.0114. The van der Waals surface area contributed by atoms with Gasteiger partial charge in [0.1, 0.15) is 12.4 Å². The third kappa shape index (κ3) is 3.84. The van der Waals surface area contributed by atoms with Crippen molar-refractivity contribution in [2.75, 3.05) is 19.7 Å².